The van der Waals surface area contributed by atoms with Crippen molar-refractivity contribution < 1.29 is 9.53 Å². The fourth-order valence-corrected chi connectivity index (χ4v) is 2.59. The molecule has 25 heavy (non-hydrogen) atoms. The van der Waals surface area contributed by atoms with Crippen LogP contribution in [0.5, 0.6) is 5.75 Å². The molecule has 1 amide bonds. The van der Waals surface area contributed by atoms with Crippen LogP contribution in [0.2, 0.25) is 0 Å². The Kier molecular flexibility index (Phi) is 5.40. The first-order valence-electron chi connectivity index (χ1n) is 7.68. The van der Waals surface area contributed by atoms with E-state index in [1.807, 2.05) is 43.3 Å². The minimum absolute atomic E-state index is 0.267. The molecule has 0 aliphatic heterocycles. The topological polar surface area (TPSA) is 64.1 Å². The number of aryl methyl sites for hydroxylation is 1. The summed E-state index contributed by atoms with van der Waals surface area (Å²) in [6.07, 6.45) is 3.01. The molecule has 1 heterocycles. The van der Waals surface area contributed by atoms with Gasteiger partial charge in [-0.15, -0.1) is 0 Å². The first kappa shape index (κ1) is 17.1. The van der Waals surface area contributed by atoms with E-state index >= 15 is 0 Å². The Hall–Kier alpha value is -2.73. The number of anilines is 1. The van der Waals surface area contributed by atoms with Gasteiger partial charge in [0, 0.05) is 4.47 Å². The number of nitrogens with one attached hydrogen (secondary N) is 1. The smallest absolute Gasteiger partial charge is 0.259 e. The lowest BCUT2D eigenvalue weighted by Gasteiger charge is -2.14. The van der Waals surface area contributed by atoms with E-state index in [-0.39, 0.29) is 5.91 Å². The minimum Gasteiger partial charge on any atom is -0.488 e. The third-order valence-electron chi connectivity index (χ3n) is 3.58. The zero-order valence-corrected chi connectivity index (χ0v) is 15.2. The van der Waals surface area contributed by atoms with Gasteiger partial charge in [-0.25, -0.2) is 0 Å². The second-order valence-corrected chi connectivity index (χ2v) is 6.31. The largest absolute Gasteiger partial charge is 0.488 e. The van der Waals surface area contributed by atoms with Gasteiger partial charge in [-0.3, -0.25) is 4.79 Å². The van der Waals surface area contributed by atoms with E-state index in [0.29, 0.717) is 23.6 Å². The molecule has 6 heteroatoms. The van der Waals surface area contributed by atoms with E-state index in [1.165, 1.54) is 12.4 Å². The highest BCUT2D eigenvalue weighted by atomic mass is 79.9. The van der Waals surface area contributed by atoms with E-state index in [1.54, 1.807) is 12.1 Å². The highest BCUT2D eigenvalue weighted by Crippen LogP contribution is 2.28. The SMILES string of the molecule is Cc1cc(OCc2ccccc2)c(C(=O)Nc2ccnnc2)cc1Br. The van der Waals surface area contributed by atoms with Crippen LogP contribution in [0.4, 0.5) is 5.69 Å². The van der Waals surface area contributed by atoms with Gasteiger partial charge in [0.25, 0.3) is 5.91 Å². The van der Waals surface area contributed by atoms with Gasteiger partial charge >= 0.3 is 0 Å². The number of rotatable bonds is 5. The molecule has 3 rings (SSSR count). The van der Waals surface area contributed by atoms with Crippen LogP contribution < -0.4 is 10.1 Å². The standard InChI is InChI=1S/C19H16BrN3O2/c1-13-9-18(25-12-14-5-3-2-4-6-14)16(10-17(13)20)19(24)23-15-7-8-21-22-11-15/h2-11H,12H2,1H3,(H,21,23,24). The first-order valence-corrected chi connectivity index (χ1v) is 8.47. The van der Waals surface area contributed by atoms with Crippen molar-refractivity contribution in [1.82, 2.24) is 10.2 Å². The summed E-state index contributed by atoms with van der Waals surface area (Å²) in [6, 6.07) is 15.1. The van der Waals surface area contributed by atoms with Gasteiger partial charge in [-0.05, 0) is 36.2 Å². The summed E-state index contributed by atoms with van der Waals surface area (Å²) in [5.41, 5.74) is 3.05. The molecule has 0 radical (unpaired) electrons. The van der Waals surface area contributed by atoms with Crippen LogP contribution in [-0.4, -0.2) is 16.1 Å². The summed E-state index contributed by atoms with van der Waals surface area (Å²) in [4.78, 5) is 12.6. The van der Waals surface area contributed by atoms with Gasteiger partial charge in [0.05, 0.1) is 23.6 Å². The molecule has 0 spiro atoms. The highest BCUT2D eigenvalue weighted by Gasteiger charge is 2.16. The van der Waals surface area contributed by atoms with Crippen LogP contribution >= 0.6 is 15.9 Å². The maximum absolute atomic E-state index is 12.6. The highest BCUT2D eigenvalue weighted by molar-refractivity contribution is 9.10. The number of amides is 1. The van der Waals surface area contributed by atoms with Crippen molar-refractivity contribution in [2.75, 3.05) is 5.32 Å². The Bertz CT molecular complexity index is 871. The fourth-order valence-electron chi connectivity index (χ4n) is 2.25. The predicted octanol–water partition coefficient (Wildman–Crippen LogP) is 4.38. The van der Waals surface area contributed by atoms with E-state index < -0.39 is 0 Å². The van der Waals surface area contributed by atoms with E-state index in [9.17, 15) is 4.79 Å². The Balaban J connectivity index is 1.84. The molecule has 0 unspecified atom stereocenters. The van der Waals surface area contributed by atoms with E-state index in [0.717, 1.165) is 15.6 Å². The van der Waals surface area contributed by atoms with Gasteiger partial charge in [0.15, 0.2) is 0 Å². The zero-order chi connectivity index (χ0) is 17.6. The van der Waals surface area contributed by atoms with Crippen molar-refractivity contribution in [3.63, 3.8) is 0 Å². The average Bonchev–Trinajstić information content (AvgIpc) is 2.64. The van der Waals surface area contributed by atoms with E-state index in [4.69, 9.17) is 4.74 Å². The number of aromatic nitrogens is 2. The number of hydrogen-bond donors (Lipinski definition) is 1. The average molecular weight is 398 g/mol. The fraction of sp³-hybridized carbons (Fsp3) is 0.105. The molecule has 1 N–H and O–H groups in total. The molecule has 0 bridgehead atoms. The van der Waals surface area contributed by atoms with Crippen LogP contribution in [0.25, 0.3) is 0 Å². The van der Waals surface area contributed by atoms with E-state index in [2.05, 4.69) is 31.4 Å². The molecule has 5 nitrogen and oxygen atoms in total. The summed E-state index contributed by atoms with van der Waals surface area (Å²) in [6.45, 7) is 2.34. The second kappa shape index (κ2) is 7.90. The predicted molar refractivity (Wildman–Crippen MR) is 99.6 cm³/mol. The summed E-state index contributed by atoms with van der Waals surface area (Å²) < 4.78 is 6.75. The van der Waals surface area contributed by atoms with Gasteiger partial charge in [-0.2, -0.15) is 10.2 Å². The number of carbonyl (C=O) groups is 1. The second-order valence-electron chi connectivity index (χ2n) is 5.46. The molecule has 3 aromatic rings. The molecule has 0 aliphatic rings. The third kappa shape index (κ3) is 4.42. The lowest BCUT2D eigenvalue weighted by molar-refractivity contribution is 0.102. The molecular formula is C19H16BrN3O2. The van der Waals surface area contributed by atoms with Gasteiger partial charge in [-0.1, -0.05) is 46.3 Å². The Morgan fingerprint density at radius 1 is 1.16 bits per heavy atom. The maximum Gasteiger partial charge on any atom is 0.259 e. The lowest BCUT2D eigenvalue weighted by Crippen LogP contribution is -2.14. The normalized spacial score (nSPS) is 10.3. The van der Waals surface area contributed by atoms with Crippen molar-refractivity contribution in [1.29, 1.82) is 0 Å². The summed E-state index contributed by atoms with van der Waals surface area (Å²) in [5.74, 6) is 0.265. The van der Waals surface area contributed by atoms with Gasteiger partial charge in [0.2, 0.25) is 0 Å². The summed E-state index contributed by atoms with van der Waals surface area (Å²) >= 11 is 3.47. The Morgan fingerprint density at radius 3 is 2.68 bits per heavy atom. The van der Waals surface area contributed by atoms with Gasteiger partial charge in [0.1, 0.15) is 12.4 Å². The molecule has 0 saturated carbocycles. The molecule has 0 atom stereocenters. The van der Waals surface area contributed by atoms with Crippen molar-refractivity contribution in [2.24, 2.45) is 0 Å². The molecule has 0 aliphatic carbocycles. The maximum atomic E-state index is 12.6. The lowest BCUT2D eigenvalue weighted by atomic mass is 10.1. The molecule has 0 fully saturated rings. The first-order chi connectivity index (χ1) is 12.1. The number of carbonyl (C=O) groups excluding carboxylic acids is 1. The van der Waals surface area contributed by atoms with Crippen LogP contribution in [-0.2, 0) is 6.61 Å². The third-order valence-corrected chi connectivity index (χ3v) is 4.44. The number of nitrogens with zero attached hydrogens (tertiary/aromatic N) is 2. The Morgan fingerprint density at radius 2 is 1.96 bits per heavy atom. The van der Waals surface area contributed by atoms with Gasteiger partial charge < -0.3 is 10.1 Å². The number of halogens is 1. The van der Waals surface area contributed by atoms with Crippen LogP contribution in [0.3, 0.4) is 0 Å². The zero-order valence-electron chi connectivity index (χ0n) is 13.6. The molecular weight excluding hydrogens is 382 g/mol. The van der Waals surface area contributed by atoms with Crippen molar-refractivity contribution in [2.45, 2.75) is 13.5 Å². The molecule has 0 saturated heterocycles. The van der Waals surface area contributed by atoms with Crippen LogP contribution in [0.1, 0.15) is 21.5 Å². The minimum atomic E-state index is -0.267. The van der Waals surface area contributed by atoms with Crippen LogP contribution in [0, 0.1) is 6.92 Å². The molecule has 1 aromatic heterocycles. The monoisotopic (exact) mass is 397 g/mol. The van der Waals surface area contributed by atoms with Crippen molar-refractivity contribution >= 4 is 27.5 Å². The number of ether oxygens (including phenoxy) is 1. The summed E-state index contributed by atoms with van der Waals surface area (Å²) in [5, 5.41) is 10.3. The quantitative estimate of drug-likeness (QED) is 0.693. The van der Waals surface area contributed by atoms with Crippen LogP contribution in [0.15, 0.2) is 65.4 Å². The number of hydrogen-bond acceptors (Lipinski definition) is 4. The summed E-state index contributed by atoms with van der Waals surface area (Å²) in [7, 11) is 0. The van der Waals surface area contributed by atoms with Crippen molar-refractivity contribution in [3.8, 4) is 5.75 Å². The Labute approximate surface area is 154 Å². The molecule has 2 aromatic carbocycles. The number of benzene rings is 2. The molecule has 126 valence electrons. The van der Waals surface area contributed by atoms with Crippen molar-refractivity contribution in [3.05, 3.63) is 82.1 Å².